The van der Waals surface area contributed by atoms with E-state index >= 15 is 0 Å². The van der Waals surface area contributed by atoms with Crippen LogP contribution in [0.1, 0.15) is 56.2 Å². The van der Waals surface area contributed by atoms with E-state index in [-0.39, 0.29) is 11.6 Å². The predicted octanol–water partition coefficient (Wildman–Crippen LogP) is 3.06. The highest BCUT2D eigenvalue weighted by atomic mass is 16.5. The van der Waals surface area contributed by atoms with Crippen LogP contribution in [0.3, 0.4) is 0 Å². The minimum absolute atomic E-state index is 0.0334. The monoisotopic (exact) mass is 288 g/mol. The molecule has 0 radical (unpaired) electrons. The summed E-state index contributed by atoms with van der Waals surface area (Å²) in [5.74, 6) is 0.794. The van der Waals surface area contributed by atoms with Crippen molar-refractivity contribution in [1.82, 2.24) is 4.90 Å². The Hall–Kier alpha value is -0.900. The molecule has 0 bridgehead atoms. The molecular formula is C18H28N2O. The molecule has 3 nitrogen and oxygen atoms in total. The van der Waals surface area contributed by atoms with Gasteiger partial charge in [0.1, 0.15) is 0 Å². The van der Waals surface area contributed by atoms with Crippen molar-refractivity contribution in [2.75, 3.05) is 26.3 Å². The Morgan fingerprint density at radius 3 is 2.29 bits per heavy atom. The minimum atomic E-state index is -0.0399. The van der Waals surface area contributed by atoms with E-state index in [0.29, 0.717) is 0 Å². The van der Waals surface area contributed by atoms with Crippen LogP contribution in [0.2, 0.25) is 0 Å². The molecular weight excluding hydrogens is 260 g/mol. The number of benzene rings is 1. The topological polar surface area (TPSA) is 38.5 Å². The van der Waals surface area contributed by atoms with Gasteiger partial charge in [-0.15, -0.1) is 0 Å². The highest BCUT2D eigenvalue weighted by molar-refractivity contribution is 5.30. The molecule has 1 aromatic rings. The van der Waals surface area contributed by atoms with Gasteiger partial charge in [0, 0.05) is 24.7 Å². The molecule has 0 aromatic heterocycles. The van der Waals surface area contributed by atoms with Gasteiger partial charge in [0.05, 0.1) is 13.2 Å². The summed E-state index contributed by atoms with van der Waals surface area (Å²) in [5.41, 5.74) is 9.29. The molecule has 2 aliphatic rings. The Kier molecular flexibility index (Phi) is 4.34. The minimum Gasteiger partial charge on any atom is -0.379 e. The van der Waals surface area contributed by atoms with Gasteiger partial charge in [-0.3, -0.25) is 4.90 Å². The zero-order valence-electron chi connectivity index (χ0n) is 13.3. The number of hydrogen-bond acceptors (Lipinski definition) is 3. The van der Waals surface area contributed by atoms with E-state index in [4.69, 9.17) is 10.5 Å². The summed E-state index contributed by atoms with van der Waals surface area (Å²) in [4.78, 5) is 2.46. The predicted molar refractivity (Wildman–Crippen MR) is 86.4 cm³/mol. The molecule has 1 aromatic carbocycles. The van der Waals surface area contributed by atoms with E-state index in [9.17, 15) is 0 Å². The normalized spacial score (nSPS) is 22.8. The van der Waals surface area contributed by atoms with Gasteiger partial charge in [-0.2, -0.15) is 0 Å². The molecule has 3 heteroatoms. The van der Waals surface area contributed by atoms with Gasteiger partial charge in [0.25, 0.3) is 0 Å². The van der Waals surface area contributed by atoms with E-state index in [2.05, 4.69) is 43.0 Å². The largest absolute Gasteiger partial charge is 0.379 e. The fourth-order valence-electron chi connectivity index (χ4n) is 3.46. The first kappa shape index (κ1) is 15.0. The van der Waals surface area contributed by atoms with Gasteiger partial charge < -0.3 is 10.5 Å². The molecule has 1 unspecified atom stereocenters. The highest BCUT2D eigenvalue weighted by Crippen LogP contribution is 2.37. The first-order chi connectivity index (χ1) is 10.1. The summed E-state index contributed by atoms with van der Waals surface area (Å²) in [5, 5.41) is 0. The van der Waals surface area contributed by atoms with Crippen molar-refractivity contribution < 1.29 is 4.74 Å². The summed E-state index contributed by atoms with van der Waals surface area (Å²) in [6.07, 6.45) is 4.09. The molecule has 1 aliphatic heterocycles. The van der Waals surface area contributed by atoms with Crippen LogP contribution in [0, 0.1) is 0 Å². The fraction of sp³-hybridized carbons (Fsp3) is 0.667. The maximum Gasteiger partial charge on any atom is 0.0594 e. The van der Waals surface area contributed by atoms with Gasteiger partial charge in [-0.1, -0.05) is 30.7 Å². The Morgan fingerprint density at radius 1 is 1.14 bits per heavy atom. The molecule has 1 heterocycles. The van der Waals surface area contributed by atoms with Crippen LogP contribution >= 0.6 is 0 Å². The first-order valence-electron chi connectivity index (χ1n) is 8.27. The summed E-state index contributed by atoms with van der Waals surface area (Å²) in [6.45, 7) is 8.08. The van der Waals surface area contributed by atoms with Crippen LogP contribution in [0.25, 0.3) is 0 Å². The second kappa shape index (κ2) is 6.07. The highest BCUT2D eigenvalue weighted by Gasteiger charge is 2.35. The first-order valence-corrected chi connectivity index (χ1v) is 8.27. The molecule has 1 saturated heterocycles. The second-order valence-electron chi connectivity index (χ2n) is 7.03. The number of nitrogens with zero attached hydrogens (tertiary/aromatic N) is 1. The third-order valence-corrected chi connectivity index (χ3v) is 5.46. The van der Waals surface area contributed by atoms with E-state index in [1.807, 2.05) is 0 Å². The maximum absolute atomic E-state index is 6.59. The van der Waals surface area contributed by atoms with Crippen LogP contribution in [-0.2, 0) is 4.74 Å². The van der Waals surface area contributed by atoms with Crippen LogP contribution in [0.4, 0.5) is 0 Å². The fourth-order valence-corrected chi connectivity index (χ4v) is 3.46. The van der Waals surface area contributed by atoms with Gasteiger partial charge in [0.15, 0.2) is 0 Å². The van der Waals surface area contributed by atoms with Gasteiger partial charge in [0.2, 0.25) is 0 Å². The maximum atomic E-state index is 6.59. The van der Waals surface area contributed by atoms with E-state index < -0.39 is 0 Å². The number of rotatable bonds is 4. The Morgan fingerprint density at radius 2 is 1.76 bits per heavy atom. The third kappa shape index (κ3) is 3.01. The van der Waals surface area contributed by atoms with Crippen molar-refractivity contribution in [2.45, 2.75) is 50.6 Å². The van der Waals surface area contributed by atoms with Crippen molar-refractivity contribution in [3.8, 4) is 0 Å². The lowest BCUT2D eigenvalue weighted by atomic mass is 9.79. The van der Waals surface area contributed by atoms with Gasteiger partial charge in [-0.25, -0.2) is 0 Å². The Balaban J connectivity index is 1.71. The van der Waals surface area contributed by atoms with E-state index in [1.54, 1.807) is 0 Å². The summed E-state index contributed by atoms with van der Waals surface area (Å²) < 4.78 is 5.46. The van der Waals surface area contributed by atoms with E-state index in [1.165, 1.54) is 30.4 Å². The molecule has 0 amide bonds. The Labute approximate surface area is 128 Å². The van der Waals surface area contributed by atoms with Crippen LogP contribution in [0.15, 0.2) is 24.3 Å². The van der Waals surface area contributed by atoms with Crippen LogP contribution in [0.5, 0.6) is 0 Å². The van der Waals surface area contributed by atoms with E-state index in [0.717, 1.165) is 32.2 Å². The standard InChI is InChI=1S/C18H28N2O/c1-18(2,20-10-12-21-13-11-20)17(19)16-8-6-15(7-9-16)14-4-3-5-14/h6-9,14,17H,3-5,10-13,19H2,1-2H3. The average molecular weight is 288 g/mol. The average Bonchev–Trinajstić information content (AvgIpc) is 2.46. The van der Waals surface area contributed by atoms with Crippen molar-refractivity contribution in [3.63, 3.8) is 0 Å². The summed E-state index contributed by atoms with van der Waals surface area (Å²) in [6, 6.07) is 9.08. The quantitative estimate of drug-likeness (QED) is 0.925. The van der Waals surface area contributed by atoms with Crippen LogP contribution in [-0.4, -0.2) is 36.7 Å². The molecule has 1 atom stereocenters. The van der Waals surface area contributed by atoms with Crippen molar-refractivity contribution >= 4 is 0 Å². The molecule has 116 valence electrons. The molecule has 3 rings (SSSR count). The SMILES string of the molecule is CC(C)(C(N)c1ccc(C2CCC2)cc1)N1CCOCC1. The smallest absolute Gasteiger partial charge is 0.0594 e. The lowest BCUT2D eigenvalue weighted by molar-refractivity contribution is -0.0190. The number of ether oxygens (including phenoxy) is 1. The molecule has 2 fully saturated rings. The summed E-state index contributed by atoms with van der Waals surface area (Å²) >= 11 is 0. The lowest BCUT2D eigenvalue weighted by Gasteiger charge is -2.44. The molecule has 1 aliphatic carbocycles. The number of morpholine rings is 1. The second-order valence-corrected chi connectivity index (χ2v) is 7.03. The molecule has 0 spiro atoms. The van der Waals surface area contributed by atoms with Gasteiger partial charge >= 0.3 is 0 Å². The molecule has 2 N–H and O–H groups in total. The van der Waals surface area contributed by atoms with Crippen molar-refractivity contribution in [2.24, 2.45) is 5.73 Å². The molecule has 21 heavy (non-hydrogen) atoms. The number of hydrogen-bond donors (Lipinski definition) is 1. The van der Waals surface area contributed by atoms with Crippen molar-refractivity contribution in [1.29, 1.82) is 0 Å². The third-order valence-electron chi connectivity index (χ3n) is 5.46. The molecule has 1 saturated carbocycles. The summed E-state index contributed by atoms with van der Waals surface area (Å²) in [7, 11) is 0. The van der Waals surface area contributed by atoms with Crippen LogP contribution < -0.4 is 5.73 Å². The van der Waals surface area contributed by atoms with Crippen molar-refractivity contribution in [3.05, 3.63) is 35.4 Å². The lowest BCUT2D eigenvalue weighted by Crippen LogP contribution is -2.55. The zero-order valence-corrected chi connectivity index (χ0v) is 13.3. The Bertz CT molecular complexity index is 459. The van der Waals surface area contributed by atoms with Gasteiger partial charge in [-0.05, 0) is 43.7 Å². The zero-order chi connectivity index (χ0) is 14.9. The number of nitrogens with two attached hydrogens (primary N) is 1.